The molecular weight excluding hydrogens is 250 g/mol. The Balaban J connectivity index is 2.29. The Kier molecular flexibility index (Phi) is 2.69. The van der Waals surface area contributed by atoms with Gasteiger partial charge in [-0.3, -0.25) is 0 Å². The van der Waals surface area contributed by atoms with Crippen molar-refractivity contribution in [2.45, 2.75) is 12.1 Å². The van der Waals surface area contributed by atoms with Gasteiger partial charge in [0.25, 0.3) is 0 Å². The number of hydrogen-bond donors (Lipinski definition) is 3. The van der Waals surface area contributed by atoms with Crippen molar-refractivity contribution >= 4 is 21.9 Å². The molecule has 0 aromatic carbocycles. The minimum absolute atomic E-state index is 0.0588. The normalized spacial score (nSPS) is 30.4. The number of allylic oxidation sites excluding steroid dienone is 2. The molecule has 1 heterocycles. The zero-order chi connectivity index (χ0) is 10.1. The first-order valence-electron chi connectivity index (χ1n) is 4.15. The van der Waals surface area contributed by atoms with Crippen molar-refractivity contribution in [3.63, 3.8) is 0 Å². The van der Waals surface area contributed by atoms with E-state index in [2.05, 4.69) is 32.3 Å². The smallest absolute Gasteiger partial charge is 0.335 e. The van der Waals surface area contributed by atoms with Crippen LogP contribution in [-0.2, 0) is 9.53 Å². The summed E-state index contributed by atoms with van der Waals surface area (Å²) in [6.07, 6.45) is 3.73. The second kappa shape index (κ2) is 3.82. The van der Waals surface area contributed by atoms with Crippen LogP contribution in [0.3, 0.4) is 0 Å². The number of hydrogen-bond acceptors (Lipinski definition) is 5. The second-order valence-electron chi connectivity index (χ2n) is 3.06. The average molecular weight is 260 g/mol. The van der Waals surface area contributed by atoms with Gasteiger partial charge in [-0.25, -0.2) is 15.6 Å². The second-order valence-corrected chi connectivity index (χ2v) is 3.98. The van der Waals surface area contributed by atoms with Crippen molar-refractivity contribution in [1.82, 2.24) is 16.4 Å². The first kappa shape index (κ1) is 9.85. The molecule has 1 saturated heterocycles. The molecule has 0 aromatic heterocycles. The number of nitrogens with one attached hydrogen (secondary N) is 3. The fraction of sp³-hybridized carbons (Fsp3) is 0.375. The van der Waals surface area contributed by atoms with Crippen LogP contribution in [0.4, 0.5) is 0 Å². The molecule has 14 heavy (non-hydrogen) atoms. The molecule has 6 heteroatoms. The van der Waals surface area contributed by atoms with Crippen molar-refractivity contribution in [1.29, 1.82) is 0 Å². The van der Waals surface area contributed by atoms with Crippen molar-refractivity contribution in [2.75, 3.05) is 7.11 Å². The highest BCUT2D eigenvalue weighted by Crippen LogP contribution is 2.24. The van der Waals surface area contributed by atoms with E-state index < -0.39 is 0 Å². The Morgan fingerprint density at radius 1 is 1.57 bits per heavy atom. The van der Waals surface area contributed by atoms with Gasteiger partial charge < -0.3 is 4.74 Å². The van der Waals surface area contributed by atoms with Crippen molar-refractivity contribution in [3.05, 3.63) is 22.2 Å². The van der Waals surface area contributed by atoms with Gasteiger partial charge >= 0.3 is 5.97 Å². The summed E-state index contributed by atoms with van der Waals surface area (Å²) in [4.78, 5) is 11.4. The summed E-state index contributed by atoms with van der Waals surface area (Å²) < 4.78 is 5.57. The molecule has 2 rings (SSSR count). The number of methoxy groups -OCH3 is 1. The molecule has 0 amide bonds. The van der Waals surface area contributed by atoms with Crippen LogP contribution in [0, 0.1) is 0 Å². The Labute approximate surface area is 89.6 Å². The minimum Gasteiger partial charge on any atom is -0.466 e. The molecular formula is C8H10BrN3O2. The van der Waals surface area contributed by atoms with Crippen molar-refractivity contribution in [2.24, 2.45) is 0 Å². The largest absolute Gasteiger partial charge is 0.466 e. The van der Waals surface area contributed by atoms with Gasteiger partial charge in [0.05, 0.1) is 24.8 Å². The van der Waals surface area contributed by atoms with Crippen LogP contribution in [-0.4, -0.2) is 25.2 Å². The van der Waals surface area contributed by atoms with Crippen LogP contribution < -0.4 is 16.4 Å². The first-order valence-corrected chi connectivity index (χ1v) is 4.95. The average Bonchev–Trinajstić information content (AvgIpc) is 2.62. The lowest BCUT2D eigenvalue weighted by Crippen LogP contribution is -2.39. The minimum atomic E-state index is -0.317. The van der Waals surface area contributed by atoms with Gasteiger partial charge in [0, 0.05) is 4.48 Å². The molecule has 0 spiro atoms. The summed E-state index contributed by atoms with van der Waals surface area (Å²) in [7, 11) is 1.38. The van der Waals surface area contributed by atoms with Gasteiger partial charge in [-0.1, -0.05) is 15.9 Å². The maximum Gasteiger partial charge on any atom is 0.335 e. The molecule has 0 radical (unpaired) electrons. The molecule has 3 N–H and O–H groups in total. The van der Waals surface area contributed by atoms with Crippen molar-refractivity contribution in [3.8, 4) is 0 Å². The molecule has 5 nitrogen and oxygen atoms in total. The van der Waals surface area contributed by atoms with Crippen LogP contribution in [0.2, 0.25) is 0 Å². The maximum atomic E-state index is 11.4. The Bertz CT molecular complexity index is 327. The van der Waals surface area contributed by atoms with Crippen LogP contribution in [0.15, 0.2) is 22.2 Å². The molecule has 0 bridgehead atoms. The number of fused-ring (bicyclic) bond motifs is 1. The molecule has 1 aliphatic heterocycles. The number of esters is 1. The number of hydrazine groups is 2. The van der Waals surface area contributed by atoms with E-state index in [1.54, 1.807) is 6.08 Å². The van der Waals surface area contributed by atoms with Crippen LogP contribution in [0.5, 0.6) is 0 Å². The van der Waals surface area contributed by atoms with E-state index in [9.17, 15) is 4.79 Å². The van der Waals surface area contributed by atoms with Gasteiger partial charge in [-0.05, 0) is 12.2 Å². The molecule has 2 aliphatic rings. The van der Waals surface area contributed by atoms with Gasteiger partial charge in [0.2, 0.25) is 0 Å². The number of halogens is 1. The zero-order valence-electron chi connectivity index (χ0n) is 7.50. The number of carbonyl (C=O) groups is 1. The molecule has 1 fully saturated rings. The third-order valence-electron chi connectivity index (χ3n) is 2.21. The fourth-order valence-corrected chi connectivity index (χ4v) is 2.08. The summed E-state index contributed by atoms with van der Waals surface area (Å²) >= 11 is 3.34. The lowest BCUT2D eigenvalue weighted by Gasteiger charge is -2.20. The predicted molar refractivity (Wildman–Crippen MR) is 54.1 cm³/mol. The third kappa shape index (κ3) is 1.61. The Morgan fingerprint density at radius 2 is 2.36 bits per heavy atom. The van der Waals surface area contributed by atoms with Crippen LogP contribution in [0.1, 0.15) is 0 Å². The summed E-state index contributed by atoms with van der Waals surface area (Å²) in [5.74, 6) is -0.317. The van der Waals surface area contributed by atoms with Gasteiger partial charge in [0.15, 0.2) is 0 Å². The lowest BCUT2D eigenvalue weighted by molar-refractivity contribution is -0.136. The van der Waals surface area contributed by atoms with E-state index in [1.165, 1.54) is 7.11 Å². The standard InChI is InChI=1S/C8H10BrN3O2/c1-14-8(13)5-2-4(9)3-6-7(5)11-12-10-6/h2-3,6-7,10-12H,1H3. The molecule has 0 saturated carbocycles. The highest BCUT2D eigenvalue weighted by atomic mass is 79.9. The predicted octanol–water partition coefficient (Wildman–Crippen LogP) is -0.272. The Morgan fingerprint density at radius 3 is 3.07 bits per heavy atom. The van der Waals surface area contributed by atoms with Crippen molar-refractivity contribution < 1.29 is 9.53 Å². The van der Waals surface area contributed by atoms with E-state index in [0.717, 1.165) is 4.48 Å². The molecule has 1 aliphatic carbocycles. The van der Waals surface area contributed by atoms with Crippen LogP contribution in [0.25, 0.3) is 0 Å². The van der Waals surface area contributed by atoms with Gasteiger partial charge in [-0.2, -0.15) is 5.53 Å². The van der Waals surface area contributed by atoms with E-state index in [-0.39, 0.29) is 18.1 Å². The molecule has 0 aromatic rings. The summed E-state index contributed by atoms with van der Waals surface area (Å²) in [5, 5.41) is 0. The van der Waals surface area contributed by atoms with Crippen LogP contribution >= 0.6 is 15.9 Å². The highest BCUT2D eigenvalue weighted by molar-refractivity contribution is 9.11. The maximum absolute atomic E-state index is 11.4. The summed E-state index contributed by atoms with van der Waals surface area (Å²) in [6.45, 7) is 0. The van der Waals surface area contributed by atoms with E-state index in [4.69, 9.17) is 4.74 Å². The summed E-state index contributed by atoms with van der Waals surface area (Å²) in [5.41, 5.74) is 9.31. The van der Waals surface area contributed by atoms with E-state index >= 15 is 0 Å². The van der Waals surface area contributed by atoms with Gasteiger partial charge in [-0.15, -0.1) is 0 Å². The van der Waals surface area contributed by atoms with Gasteiger partial charge in [0.1, 0.15) is 0 Å². The lowest BCUT2D eigenvalue weighted by atomic mass is 9.96. The number of rotatable bonds is 1. The van der Waals surface area contributed by atoms with E-state index in [1.807, 2.05) is 6.08 Å². The number of carbonyl (C=O) groups excluding carboxylic acids is 1. The quantitative estimate of drug-likeness (QED) is 0.566. The van der Waals surface area contributed by atoms with E-state index in [0.29, 0.717) is 5.57 Å². The molecule has 2 unspecified atom stereocenters. The fourth-order valence-electron chi connectivity index (χ4n) is 1.55. The Hall–Kier alpha value is -0.690. The monoisotopic (exact) mass is 259 g/mol. The molecule has 76 valence electrons. The molecule has 2 atom stereocenters. The topological polar surface area (TPSA) is 62.4 Å². The zero-order valence-corrected chi connectivity index (χ0v) is 9.09. The number of ether oxygens (including phenoxy) is 1. The third-order valence-corrected chi connectivity index (χ3v) is 2.71. The summed E-state index contributed by atoms with van der Waals surface area (Å²) in [6, 6.07) is -0.0211. The highest BCUT2D eigenvalue weighted by Gasteiger charge is 2.34. The SMILES string of the molecule is COC(=O)C1=CC(Br)=CC2NNNC12. The first-order chi connectivity index (χ1) is 6.72.